The average Bonchev–Trinajstić information content (AvgIpc) is 2.77. The van der Waals surface area contributed by atoms with Gasteiger partial charge in [0.1, 0.15) is 12.6 Å². The number of urea groups is 1. The summed E-state index contributed by atoms with van der Waals surface area (Å²) >= 11 is 0. The maximum Gasteiger partial charge on any atom is 0.345 e. The number of carbonyl (C=O) groups is 2. The Bertz CT molecular complexity index is 534. The van der Waals surface area contributed by atoms with Gasteiger partial charge in [-0.3, -0.25) is 9.63 Å². The van der Waals surface area contributed by atoms with E-state index in [0.29, 0.717) is 19.6 Å². The van der Waals surface area contributed by atoms with Crippen LogP contribution in [0.3, 0.4) is 0 Å². The second kappa shape index (κ2) is 5.73. The molecule has 0 unspecified atom stereocenters. The SMILES string of the molecule is CNC(=O)[C@@H]1CC[C@@H]2CN1C(=O)N2OCc1ccccc1. The molecule has 1 aromatic carbocycles. The summed E-state index contributed by atoms with van der Waals surface area (Å²) in [6, 6.07) is 9.20. The fourth-order valence-electron chi connectivity index (χ4n) is 2.96. The van der Waals surface area contributed by atoms with Crippen LogP contribution in [0.15, 0.2) is 30.3 Å². The first-order valence-electron chi connectivity index (χ1n) is 7.19. The molecule has 0 saturated carbocycles. The van der Waals surface area contributed by atoms with Gasteiger partial charge in [0.2, 0.25) is 5.91 Å². The van der Waals surface area contributed by atoms with E-state index in [1.165, 1.54) is 5.06 Å². The van der Waals surface area contributed by atoms with Crippen molar-refractivity contribution >= 4 is 11.9 Å². The molecule has 2 aliphatic rings. The minimum Gasteiger partial charge on any atom is -0.357 e. The van der Waals surface area contributed by atoms with Gasteiger partial charge < -0.3 is 10.2 Å². The van der Waals surface area contributed by atoms with Crippen molar-refractivity contribution in [3.8, 4) is 0 Å². The molecule has 0 spiro atoms. The molecule has 6 heteroatoms. The molecular formula is C15H19N3O3. The smallest absolute Gasteiger partial charge is 0.345 e. The largest absolute Gasteiger partial charge is 0.357 e. The third kappa shape index (κ3) is 2.58. The van der Waals surface area contributed by atoms with Crippen LogP contribution in [0, 0.1) is 0 Å². The van der Waals surface area contributed by atoms with E-state index in [9.17, 15) is 9.59 Å². The molecule has 0 aromatic heterocycles. The van der Waals surface area contributed by atoms with Crippen LogP contribution in [0.5, 0.6) is 0 Å². The van der Waals surface area contributed by atoms with Crippen molar-refractivity contribution in [2.24, 2.45) is 0 Å². The Morgan fingerprint density at radius 3 is 2.81 bits per heavy atom. The molecular weight excluding hydrogens is 270 g/mol. The molecule has 1 aromatic rings. The number of likely N-dealkylation sites (N-methyl/N-ethyl adjacent to an activating group) is 1. The van der Waals surface area contributed by atoms with E-state index in [-0.39, 0.29) is 24.0 Å². The van der Waals surface area contributed by atoms with Gasteiger partial charge in [-0.25, -0.2) is 4.79 Å². The molecule has 6 nitrogen and oxygen atoms in total. The molecule has 2 fully saturated rings. The van der Waals surface area contributed by atoms with Crippen molar-refractivity contribution in [3.05, 3.63) is 35.9 Å². The molecule has 1 N–H and O–H groups in total. The fourth-order valence-corrected chi connectivity index (χ4v) is 2.96. The lowest BCUT2D eigenvalue weighted by molar-refractivity contribution is -0.140. The summed E-state index contributed by atoms with van der Waals surface area (Å²) in [5.74, 6) is -0.105. The molecule has 2 atom stereocenters. The highest BCUT2D eigenvalue weighted by atomic mass is 16.7. The van der Waals surface area contributed by atoms with Crippen molar-refractivity contribution in [1.29, 1.82) is 0 Å². The maximum atomic E-state index is 12.4. The third-order valence-electron chi connectivity index (χ3n) is 4.09. The van der Waals surface area contributed by atoms with E-state index in [1.54, 1.807) is 11.9 Å². The number of hydrogen-bond acceptors (Lipinski definition) is 3. The standard InChI is InChI=1S/C15H19N3O3/c1-16-14(19)13-8-7-12-9-17(13)15(20)18(12)21-10-11-5-3-2-4-6-11/h2-6,12-13H,7-10H2,1H3,(H,16,19)/t12-,13+/m1/s1. The number of nitrogens with zero attached hydrogens (tertiary/aromatic N) is 2. The van der Waals surface area contributed by atoms with Gasteiger partial charge in [0.25, 0.3) is 0 Å². The minimum atomic E-state index is -0.371. The number of fused-ring (bicyclic) bond motifs is 2. The molecule has 2 bridgehead atoms. The van der Waals surface area contributed by atoms with E-state index < -0.39 is 0 Å². The Kier molecular flexibility index (Phi) is 3.79. The Hall–Kier alpha value is -2.08. The molecule has 3 rings (SSSR count). The van der Waals surface area contributed by atoms with Crippen molar-refractivity contribution in [2.45, 2.75) is 31.5 Å². The van der Waals surface area contributed by atoms with E-state index in [4.69, 9.17) is 4.84 Å². The number of piperidine rings is 1. The normalized spacial score (nSPS) is 24.3. The second-order valence-electron chi connectivity index (χ2n) is 5.38. The van der Waals surface area contributed by atoms with Crippen LogP contribution in [0.25, 0.3) is 0 Å². The number of hydrogen-bond donors (Lipinski definition) is 1. The van der Waals surface area contributed by atoms with E-state index in [2.05, 4.69) is 5.32 Å². The fraction of sp³-hybridized carbons (Fsp3) is 0.467. The lowest BCUT2D eigenvalue weighted by Gasteiger charge is -2.28. The molecule has 2 saturated heterocycles. The zero-order valence-corrected chi connectivity index (χ0v) is 12.0. The summed E-state index contributed by atoms with van der Waals surface area (Å²) in [7, 11) is 1.60. The van der Waals surface area contributed by atoms with Crippen LogP contribution in [0.2, 0.25) is 0 Å². The number of nitrogens with one attached hydrogen (secondary N) is 1. The number of benzene rings is 1. The number of hydroxylamine groups is 2. The Morgan fingerprint density at radius 2 is 2.10 bits per heavy atom. The number of rotatable bonds is 4. The van der Waals surface area contributed by atoms with Crippen LogP contribution in [-0.2, 0) is 16.2 Å². The van der Waals surface area contributed by atoms with E-state index in [1.807, 2.05) is 30.3 Å². The zero-order valence-electron chi connectivity index (χ0n) is 12.0. The van der Waals surface area contributed by atoms with Crippen molar-refractivity contribution in [2.75, 3.05) is 13.6 Å². The third-order valence-corrected chi connectivity index (χ3v) is 4.09. The Morgan fingerprint density at radius 1 is 1.33 bits per heavy atom. The van der Waals surface area contributed by atoms with Crippen molar-refractivity contribution in [1.82, 2.24) is 15.3 Å². The van der Waals surface area contributed by atoms with Crippen LogP contribution < -0.4 is 5.32 Å². The molecule has 0 radical (unpaired) electrons. The first-order valence-corrected chi connectivity index (χ1v) is 7.19. The summed E-state index contributed by atoms with van der Waals surface area (Å²) in [6.07, 6.45) is 1.47. The van der Waals surface area contributed by atoms with Crippen molar-refractivity contribution in [3.63, 3.8) is 0 Å². The quantitative estimate of drug-likeness (QED) is 0.904. The Labute approximate surface area is 123 Å². The van der Waals surface area contributed by atoms with E-state index >= 15 is 0 Å². The highest BCUT2D eigenvalue weighted by Gasteiger charge is 2.47. The van der Waals surface area contributed by atoms with Gasteiger partial charge in [-0.1, -0.05) is 30.3 Å². The van der Waals surface area contributed by atoms with E-state index in [0.717, 1.165) is 12.0 Å². The highest BCUT2D eigenvalue weighted by Crippen LogP contribution is 2.30. The summed E-state index contributed by atoms with van der Waals surface area (Å²) in [5, 5.41) is 4.06. The lowest BCUT2D eigenvalue weighted by Crippen LogP contribution is -2.48. The first kappa shape index (κ1) is 13.9. The molecule has 112 valence electrons. The predicted molar refractivity (Wildman–Crippen MR) is 76.0 cm³/mol. The van der Waals surface area contributed by atoms with Gasteiger partial charge in [-0.15, -0.1) is 0 Å². The topological polar surface area (TPSA) is 61.9 Å². The van der Waals surface area contributed by atoms with Gasteiger partial charge in [0.05, 0.1) is 6.04 Å². The molecule has 0 aliphatic carbocycles. The zero-order chi connectivity index (χ0) is 14.8. The molecule has 21 heavy (non-hydrogen) atoms. The summed E-state index contributed by atoms with van der Waals surface area (Å²) in [6.45, 7) is 0.924. The Balaban J connectivity index is 1.66. The van der Waals surface area contributed by atoms with Crippen molar-refractivity contribution < 1.29 is 14.4 Å². The minimum absolute atomic E-state index is 0.0436. The van der Waals surface area contributed by atoms with Gasteiger partial charge in [0, 0.05) is 13.6 Å². The predicted octanol–water partition coefficient (Wildman–Crippen LogP) is 1.13. The van der Waals surface area contributed by atoms with Crippen LogP contribution in [0.4, 0.5) is 4.79 Å². The monoisotopic (exact) mass is 289 g/mol. The van der Waals surface area contributed by atoms with Crippen LogP contribution in [-0.4, -0.2) is 47.6 Å². The van der Waals surface area contributed by atoms with Gasteiger partial charge in [-0.05, 0) is 18.4 Å². The van der Waals surface area contributed by atoms with Gasteiger partial charge in [-0.2, -0.15) is 5.06 Å². The highest BCUT2D eigenvalue weighted by molar-refractivity contribution is 5.88. The lowest BCUT2D eigenvalue weighted by atomic mass is 10.0. The number of carbonyl (C=O) groups excluding carboxylic acids is 2. The first-order chi connectivity index (χ1) is 10.2. The average molecular weight is 289 g/mol. The van der Waals surface area contributed by atoms with Crippen LogP contribution >= 0.6 is 0 Å². The number of amides is 3. The molecule has 2 aliphatic heterocycles. The summed E-state index contributed by atoms with van der Waals surface area (Å²) in [5.41, 5.74) is 1.02. The van der Waals surface area contributed by atoms with Gasteiger partial charge >= 0.3 is 6.03 Å². The summed E-state index contributed by atoms with van der Waals surface area (Å²) in [4.78, 5) is 31.5. The molecule has 2 heterocycles. The summed E-state index contributed by atoms with van der Waals surface area (Å²) < 4.78 is 0. The van der Waals surface area contributed by atoms with Crippen LogP contribution in [0.1, 0.15) is 18.4 Å². The second-order valence-corrected chi connectivity index (χ2v) is 5.38. The maximum absolute atomic E-state index is 12.4. The van der Waals surface area contributed by atoms with Gasteiger partial charge in [0.15, 0.2) is 0 Å². The molecule has 3 amide bonds.